The number of rotatable bonds is 3. The van der Waals surface area contributed by atoms with Gasteiger partial charge in [0.15, 0.2) is 5.16 Å². The molecule has 1 fully saturated rings. The number of aromatic nitrogens is 3. The first-order valence-electron chi connectivity index (χ1n) is 5.69. The van der Waals surface area contributed by atoms with Gasteiger partial charge in [0.25, 0.3) is 0 Å². The van der Waals surface area contributed by atoms with Crippen molar-refractivity contribution in [2.75, 3.05) is 4.90 Å². The van der Waals surface area contributed by atoms with Crippen LogP contribution in [0, 0.1) is 0 Å². The van der Waals surface area contributed by atoms with E-state index in [0.717, 1.165) is 0 Å². The van der Waals surface area contributed by atoms with Crippen LogP contribution in [-0.4, -0.2) is 32.2 Å². The van der Waals surface area contributed by atoms with Gasteiger partial charge in [-0.15, -0.1) is 0 Å². The Bertz CT molecular complexity index is 599. The molecule has 1 N–H and O–H groups in total. The van der Waals surface area contributed by atoms with Crippen molar-refractivity contribution in [3.63, 3.8) is 0 Å². The molecule has 0 spiro atoms. The van der Waals surface area contributed by atoms with E-state index in [1.807, 2.05) is 6.07 Å². The Morgan fingerprint density at radius 1 is 1.26 bits per heavy atom. The maximum atomic E-state index is 12.3. The summed E-state index contributed by atoms with van der Waals surface area (Å²) in [5.41, 5.74) is 0.609. The summed E-state index contributed by atoms with van der Waals surface area (Å²) >= 11 is 1.23. The third-order valence-electron chi connectivity index (χ3n) is 2.77. The summed E-state index contributed by atoms with van der Waals surface area (Å²) in [6.45, 7) is 0. The van der Waals surface area contributed by atoms with Crippen LogP contribution in [0.5, 0.6) is 0 Å². The zero-order valence-corrected chi connectivity index (χ0v) is 10.6. The predicted octanol–water partition coefficient (Wildman–Crippen LogP) is 1.23. The van der Waals surface area contributed by atoms with Crippen LogP contribution in [0.1, 0.15) is 6.42 Å². The van der Waals surface area contributed by atoms with Crippen LogP contribution < -0.4 is 4.90 Å². The smallest absolute Gasteiger partial charge is 0.247 e. The normalized spacial score (nSPS) is 19.2. The average Bonchev–Trinajstić information content (AvgIpc) is 3.01. The lowest BCUT2D eigenvalue weighted by Gasteiger charge is -2.14. The second kappa shape index (κ2) is 4.85. The second-order valence-corrected chi connectivity index (χ2v) is 5.20. The first-order valence-corrected chi connectivity index (χ1v) is 6.57. The highest BCUT2D eigenvalue weighted by atomic mass is 32.2. The van der Waals surface area contributed by atoms with Gasteiger partial charge in [0.05, 0.1) is 5.69 Å². The summed E-state index contributed by atoms with van der Waals surface area (Å²) in [4.78, 5) is 29.4. The van der Waals surface area contributed by atoms with Gasteiger partial charge in [-0.25, -0.2) is 9.88 Å². The Kier molecular flexibility index (Phi) is 3.04. The molecular weight excluding hydrogens is 264 g/mol. The monoisotopic (exact) mass is 274 g/mol. The number of hydrogen-bond donors (Lipinski definition) is 1. The summed E-state index contributed by atoms with van der Waals surface area (Å²) in [6.07, 6.45) is 1.55. The largest absolute Gasteiger partial charge is 0.274 e. The molecule has 1 aromatic carbocycles. The minimum atomic E-state index is -0.444. The summed E-state index contributed by atoms with van der Waals surface area (Å²) in [6, 6.07) is 8.93. The summed E-state index contributed by atoms with van der Waals surface area (Å²) < 4.78 is 0. The van der Waals surface area contributed by atoms with Crippen LogP contribution in [0.3, 0.4) is 0 Å². The number of carbonyl (C=O) groups excluding carboxylic acids is 2. The molecule has 0 unspecified atom stereocenters. The van der Waals surface area contributed by atoms with Crippen LogP contribution in [-0.2, 0) is 9.59 Å². The molecule has 0 saturated carbocycles. The van der Waals surface area contributed by atoms with Crippen molar-refractivity contribution in [1.29, 1.82) is 0 Å². The highest BCUT2D eigenvalue weighted by Crippen LogP contribution is 2.31. The molecule has 2 amide bonds. The molecule has 2 aromatic rings. The van der Waals surface area contributed by atoms with Crippen molar-refractivity contribution >= 4 is 29.3 Å². The number of benzene rings is 1. The average molecular weight is 274 g/mol. The fourth-order valence-electron chi connectivity index (χ4n) is 1.93. The number of H-pyrrole nitrogens is 1. The first kappa shape index (κ1) is 11.9. The number of carbonyl (C=O) groups is 2. The molecule has 1 atom stereocenters. The molecule has 1 aromatic heterocycles. The number of imide groups is 1. The zero-order chi connectivity index (χ0) is 13.2. The van der Waals surface area contributed by atoms with Gasteiger partial charge >= 0.3 is 0 Å². The van der Waals surface area contributed by atoms with E-state index in [-0.39, 0.29) is 18.2 Å². The van der Waals surface area contributed by atoms with Crippen LogP contribution in [0.2, 0.25) is 0 Å². The number of amides is 2. The number of hydrogen-bond acceptors (Lipinski definition) is 5. The number of anilines is 1. The minimum Gasteiger partial charge on any atom is -0.274 e. The topological polar surface area (TPSA) is 79.0 Å². The van der Waals surface area contributed by atoms with Crippen molar-refractivity contribution in [3.05, 3.63) is 36.7 Å². The fourth-order valence-corrected chi connectivity index (χ4v) is 2.85. The van der Waals surface area contributed by atoms with E-state index >= 15 is 0 Å². The van der Waals surface area contributed by atoms with Crippen molar-refractivity contribution in [1.82, 2.24) is 15.2 Å². The van der Waals surface area contributed by atoms with Gasteiger partial charge in [-0.3, -0.25) is 14.7 Å². The van der Waals surface area contributed by atoms with E-state index in [1.165, 1.54) is 23.0 Å². The van der Waals surface area contributed by atoms with Crippen molar-refractivity contribution in [2.45, 2.75) is 16.8 Å². The Morgan fingerprint density at radius 2 is 2.05 bits per heavy atom. The van der Waals surface area contributed by atoms with Gasteiger partial charge in [-0.1, -0.05) is 30.0 Å². The lowest BCUT2D eigenvalue weighted by molar-refractivity contribution is -0.121. The van der Waals surface area contributed by atoms with Gasteiger partial charge in [0.2, 0.25) is 11.8 Å². The minimum absolute atomic E-state index is 0.180. The molecule has 3 rings (SSSR count). The van der Waals surface area contributed by atoms with Crippen LogP contribution in [0.15, 0.2) is 41.8 Å². The first-order chi connectivity index (χ1) is 9.25. The van der Waals surface area contributed by atoms with E-state index in [2.05, 4.69) is 15.2 Å². The predicted molar refractivity (Wildman–Crippen MR) is 69.6 cm³/mol. The summed E-state index contributed by atoms with van der Waals surface area (Å²) in [5, 5.41) is 6.49. The Balaban J connectivity index is 1.82. The Labute approximate surface area is 113 Å². The molecule has 0 bridgehead atoms. The van der Waals surface area contributed by atoms with Crippen molar-refractivity contribution in [2.24, 2.45) is 0 Å². The molecule has 1 saturated heterocycles. The third-order valence-corrected chi connectivity index (χ3v) is 3.84. The van der Waals surface area contributed by atoms with Gasteiger partial charge in [0.1, 0.15) is 11.6 Å². The summed E-state index contributed by atoms with van der Waals surface area (Å²) in [5.74, 6) is -0.397. The molecule has 2 heterocycles. The molecule has 19 heavy (non-hydrogen) atoms. The van der Waals surface area contributed by atoms with Crippen LogP contribution in [0.25, 0.3) is 0 Å². The zero-order valence-electron chi connectivity index (χ0n) is 9.81. The number of nitrogens with zero attached hydrogens (tertiary/aromatic N) is 3. The van der Waals surface area contributed by atoms with E-state index in [9.17, 15) is 9.59 Å². The van der Waals surface area contributed by atoms with Gasteiger partial charge in [0, 0.05) is 6.42 Å². The molecule has 7 heteroatoms. The van der Waals surface area contributed by atoms with Gasteiger partial charge in [-0.2, -0.15) is 5.10 Å². The molecule has 6 nitrogen and oxygen atoms in total. The van der Waals surface area contributed by atoms with Gasteiger partial charge in [-0.05, 0) is 12.1 Å². The third kappa shape index (κ3) is 2.24. The SMILES string of the molecule is O=C1C[C@@H](Sc2ncn[nH]2)C(=O)N1c1ccccc1. The molecule has 1 aliphatic heterocycles. The molecular formula is C12H10N4O2S. The number of thioether (sulfide) groups is 1. The van der Waals surface area contributed by atoms with Crippen molar-refractivity contribution < 1.29 is 9.59 Å². The van der Waals surface area contributed by atoms with Gasteiger partial charge < -0.3 is 0 Å². The Hall–Kier alpha value is -2.15. The maximum Gasteiger partial charge on any atom is 0.247 e. The standard InChI is InChI=1S/C12H10N4O2S/c17-10-6-9(19-12-13-7-14-15-12)11(18)16(10)8-4-2-1-3-5-8/h1-5,7,9H,6H2,(H,13,14,15)/t9-/m1/s1. The summed E-state index contributed by atoms with van der Waals surface area (Å²) in [7, 11) is 0. The fraction of sp³-hybridized carbons (Fsp3) is 0.167. The molecule has 0 aliphatic carbocycles. The Morgan fingerprint density at radius 3 is 2.74 bits per heavy atom. The van der Waals surface area contributed by atoms with E-state index < -0.39 is 5.25 Å². The highest BCUT2D eigenvalue weighted by Gasteiger charge is 2.40. The lowest BCUT2D eigenvalue weighted by Crippen LogP contribution is -2.31. The highest BCUT2D eigenvalue weighted by molar-refractivity contribution is 8.00. The molecule has 96 valence electrons. The lowest BCUT2D eigenvalue weighted by atomic mass is 10.3. The number of aromatic amines is 1. The van der Waals surface area contributed by atoms with Crippen LogP contribution in [0.4, 0.5) is 5.69 Å². The number of nitrogens with one attached hydrogen (secondary N) is 1. The van der Waals surface area contributed by atoms with Crippen LogP contribution >= 0.6 is 11.8 Å². The quantitative estimate of drug-likeness (QED) is 0.852. The molecule has 1 aliphatic rings. The van der Waals surface area contributed by atoms with E-state index in [0.29, 0.717) is 10.8 Å². The maximum absolute atomic E-state index is 12.3. The number of para-hydroxylation sites is 1. The molecule has 0 radical (unpaired) electrons. The second-order valence-electron chi connectivity index (χ2n) is 4.00. The van der Waals surface area contributed by atoms with E-state index in [1.54, 1.807) is 24.3 Å². The van der Waals surface area contributed by atoms with E-state index in [4.69, 9.17) is 0 Å². The van der Waals surface area contributed by atoms with Crippen molar-refractivity contribution in [3.8, 4) is 0 Å².